The number of hydrogen-bond donors (Lipinski definition) is 1. The molecule has 0 aliphatic carbocycles. The number of hydrogen-bond acceptors (Lipinski definition) is 2. The van der Waals surface area contributed by atoms with Gasteiger partial charge in [0, 0.05) is 5.56 Å². The van der Waals surface area contributed by atoms with Gasteiger partial charge < -0.3 is 10.2 Å². The van der Waals surface area contributed by atoms with E-state index in [0.29, 0.717) is 16.7 Å². The van der Waals surface area contributed by atoms with Crippen LogP contribution in [-0.4, -0.2) is 0 Å². The molecule has 16 heavy (non-hydrogen) atoms. The Morgan fingerprint density at radius 3 is 2.69 bits per heavy atom. The SMILES string of the molecule is CC(C)c1c(CN)oc2c(Br)ccc(F)c12. The average molecular weight is 286 g/mol. The molecule has 0 spiro atoms. The molecule has 1 aromatic carbocycles. The quantitative estimate of drug-likeness (QED) is 0.908. The van der Waals surface area contributed by atoms with Crippen molar-refractivity contribution in [2.75, 3.05) is 0 Å². The van der Waals surface area contributed by atoms with Gasteiger partial charge in [-0.25, -0.2) is 4.39 Å². The molecule has 0 aliphatic heterocycles. The monoisotopic (exact) mass is 285 g/mol. The molecule has 4 heteroatoms. The molecule has 2 rings (SSSR count). The zero-order chi connectivity index (χ0) is 11.9. The van der Waals surface area contributed by atoms with E-state index in [-0.39, 0.29) is 18.3 Å². The van der Waals surface area contributed by atoms with Gasteiger partial charge in [-0.2, -0.15) is 0 Å². The van der Waals surface area contributed by atoms with E-state index in [0.717, 1.165) is 10.0 Å². The maximum absolute atomic E-state index is 13.8. The Balaban J connectivity index is 2.89. The van der Waals surface area contributed by atoms with Crippen LogP contribution in [0.15, 0.2) is 21.0 Å². The number of halogens is 2. The normalized spacial score (nSPS) is 11.6. The molecule has 2 nitrogen and oxygen atoms in total. The molecule has 0 saturated heterocycles. The first-order valence-electron chi connectivity index (χ1n) is 5.15. The molecule has 0 fully saturated rings. The first-order chi connectivity index (χ1) is 7.56. The molecule has 0 unspecified atom stereocenters. The summed E-state index contributed by atoms with van der Waals surface area (Å²) in [6.07, 6.45) is 0. The first kappa shape index (κ1) is 11.6. The highest BCUT2D eigenvalue weighted by Gasteiger charge is 2.20. The van der Waals surface area contributed by atoms with Gasteiger partial charge in [-0.3, -0.25) is 0 Å². The fraction of sp³-hybridized carbons (Fsp3) is 0.333. The van der Waals surface area contributed by atoms with Crippen LogP contribution >= 0.6 is 15.9 Å². The zero-order valence-corrected chi connectivity index (χ0v) is 10.8. The maximum Gasteiger partial charge on any atom is 0.151 e. The van der Waals surface area contributed by atoms with E-state index < -0.39 is 0 Å². The summed E-state index contributed by atoms with van der Waals surface area (Å²) >= 11 is 3.36. The van der Waals surface area contributed by atoms with Crippen LogP contribution in [0.25, 0.3) is 11.0 Å². The van der Waals surface area contributed by atoms with Gasteiger partial charge in [0.15, 0.2) is 5.58 Å². The van der Waals surface area contributed by atoms with Gasteiger partial charge >= 0.3 is 0 Å². The van der Waals surface area contributed by atoms with Gasteiger partial charge in [0.05, 0.1) is 16.4 Å². The molecule has 1 heterocycles. The number of benzene rings is 1. The summed E-state index contributed by atoms with van der Waals surface area (Å²) in [5.74, 6) is 0.588. The van der Waals surface area contributed by atoms with Gasteiger partial charge in [-0.1, -0.05) is 13.8 Å². The second-order valence-corrected chi connectivity index (χ2v) is 4.89. The van der Waals surface area contributed by atoms with E-state index in [1.807, 2.05) is 13.8 Å². The van der Waals surface area contributed by atoms with E-state index >= 15 is 0 Å². The van der Waals surface area contributed by atoms with Crippen LogP contribution in [0, 0.1) is 5.82 Å². The topological polar surface area (TPSA) is 39.2 Å². The third-order valence-electron chi connectivity index (χ3n) is 2.62. The van der Waals surface area contributed by atoms with Crippen LogP contribution in [0.4, 0.5) is 4.39 Å². The van der Waals surface area contributed by atoms with E-state index in [9.17, 15) is 4.39 Å². The number of rotatable bonds is 2. The van der Waals surface area contributed by atoms with Crippen molar-refractivity contribution < 1.29 is 8.81 Å². The van der Waals surface area contributed by atoms with E-state index in [1.165, 1.54) is 6.07 Å². The first-order valence-corrected chi connectivity index (χ1v) is 5.95. The van der Waals surface area contributed by atoms with Gasteiger partial charge in [0.25, 0.3) is 0 Å². The summed E-state index contributed by atoms with van der Waals surface area (Å²) in [5.41, 5.74) is 7.04. The highest BCUT2D eigenvalue weighted by atomic mass is 79.9. The number of nitrogens with two attached hydrogens (primary N) is 1. The zero-order valence-electron chi connectivity index (χ0n) is 9.18. The average Bonchev–Trinajstić information content (AvgIpc) is 2.64. The summed E-state index contributed by atoms with van der Waals surface area (Å²) in [5, 5.41) is 0.546. The van der Waals surface area contributed by atoms with Crippen LogP contribution in [0.2, 0.25) is 0 Å². The van der Waals surface area contributed by atoms with Crippen LogP contribution < -0.4 is 5.73 Å². The molecular weight excluding hydrogens is 273 g/mol. The summed E-state index contributed by atoms with van der Waals surface area (Å²) in [6, 6.07) is 3.08. The lowest BCUT2D eigenvalue weighted by Crippen LogP contribution is -2.00. The third kappa shape index (κ3) is 1.66. The second kappa shape index (κ2) is 4.18. The van der Waals surface area contributed by atoms with Gasteiger partial charge in [0.1, 0.15) is 11.6 Å². The van der Waals surface area contributed by atoms with Crippen molar-refractivity contribution in [2.45, 2.75) is 26.3 Å². The van der Waals surface area contributed by atoms with E-state index in [2.05, 4.69) is 15.9 Å². The summed E-state index contributed by atoms with van der Waals surface area (Å²) in [4.78, 5) is 0. The Hall–Kier alpha value is -0.870. The molecule has 0 bridgehead atoms. The number of fused-ring (bicyclic) bond motifs is 1. The van der Waals surface area contributed by atoms with Crippen LogP contribution in [0.3, 0.4) is 0 Å². The molecule has 0 aliphatic rings. The fourth-order valence-electron chi connectivity index (χ4n) is 1.96. The largest absolute Gasteiger partial charge is 0.458 e. The molecule has 0 radical (unpaired) electrons. The van der Waals surface area contributed by atoms with Crippen molar-refractivity contribution in [1.82, 2.24) is 0 Å². The van der Waals surface area contributed by atoms with Crippen LogP contribution in [0.5, 0.6) is 0 Å². The molecule has 0 amide bonds. The van der Waals surface area contributed by atoms with E-state index in [1.54, 1.807) is 6.07 Å². The highest BCUT2D eigenvalue weighted by molar-refractivity contribution is 9.10. The molecule has 2 N–H and O–H groups in total. The highest BCUT2D eigenvalue weighted by Crippen LogP contribution is 2.37. The Labute approximate surface area is 102 Å². The predicted octanol–water partition coefficient (Wildman–Crippen LogP) is 3.92. The molecule has 2 aromatic rings. The molecular formula is C12H13BrFNO. The molecule has 86 valence electrons. The van der Waals surface area contributed by atoms with Gasteiger partial charge in [-0.05, 0) is 34.0 Å². The Morgan fingerprint density at radius 1 is 1.44 bits per heavy atom. The van der Waals surface area contributed by atoms with E-state index in [4.69, 9.17) is 10.2 Å². The lowest BCUT2D eigenvalue weighted by molar-refractivity contribution is 0.540. The lowest BCUT2D eigenvalue weighted by Gasteiger charge is -2.05. The minimum Gasteiger partial charge on any atom is -0.458 e. The lowest BCUT2D eigenvalue weighted by atomic mass is 9.99. The smallest absolute Gasteiger partial charge is 0.151 e. The Bertz CT molecular complexity index is 533. The van der Waals surface area contributed by atoms with Crippen molar-refractivity contribution in [1.29, 1.82) is 0 Å². The van der Waals surface area contributed by atoms with Crippen molar-refractivity contribution in [3.63, 3.8) is 0 Å². The second-order valence-electron chi connectivity index (χ2n) is 4.03. The van der Waals surface area contributed by atoms with Crippen molar-refractivity contribution in [3.8, 4) is 0 Å². The predicted molar refractivity (Wildman–Crippen MR) is 65.9 cm³/mol. The number of furan rings is 1. The summed E-state index contributed by atoms with van der Waals surface area (Å²) in [7, 11) is 0. The maximum atomic E-state index is 13.8. The van der Waals surface area contributed by atoms with Crippen LogP contribution in [-0.2, 0) is 6.54 Å². The minimum absolute atomic E-state index is 0.184. The van der Waals surface area contributed by atoms with Crippen molar-refractivity contribution in [3.05, 3.63) is 33.7 Å². The van der Waals surface area contributed by atoms with Gasteiger partial charge in [-0.15, -0.1) is 0 Å². The molecule has 0 saturated carbocycles. The standard InChI is InChI=1S/C12H13BrFNO/c1-6(2)10-9(5-15)16-12-7(13)3-4-8(14)11(10)12/h3-4,6H,5,15H2,1-2H3. The van der Waals surface area contributed by atoms with Crippen molar-refractivity contribution >= 4 is 26.9 Å². The third-order valence-corrected chi connectivity index (χ3v) is 3.24. The molecule has 0 atom stereocenters. The molecule has 1 aromatic heterocycles. The summed E-state index contributed by atoms with van der Waals surface area (Å²) < 4.78 is 20.2. The van der Waals surface area contributed by atoms with Gasteiger partial charge in [0.2, 0.25) is 0 Å². The Morgan fingerprint density at radius 2 is 2.12 bits per heavy atom. The van der Waals surface area contributed by atoms with Crippen molar-refractivity contribution in [2.24, 2.45) is 5.73 Å². The Kier molecular flexibility index (Phi) is 3.04. The summed E-state index contributed by atoms with van der Waals surface area (Å²) in [6.45, 7) is 4.29. The fourth-order valence-corrected chi connectivity index (χ4v) is 2.38. The van der Waals surface area contributed by atoms with Crippen LogP contribution in [0.1, 0.15) is 31.1 Å². The minimum atomic E-state index is -0.259.